The molecule has 0 radical (unpaired) electrons. The lowest BCUT2D eigenvalue weighted by molar-refractivity contribution is 0.581. The molecule has 5 nitrogen and oxygen atoms in total. The maximum Gasteiger partial charge on any atom is 0.242 e. The van der Waals surface area contributed by atoms with Crippen LogP contribution in [0.25, 0.3) is 0 Å². The van der Waals surface area contributed by atoms with E-state index in [0.717, 1.165) is 17.8 Å². The van der Waals surface area contributed by atoms with Gasteiger partial charge in [-0.05, 0) is 30.3 Å². The molecular formula is C14H18ClN3O2S. The van der Waals surface area contributed by atoms with Crippen molar-refractivity contribution in [1.82, 2.24) is 15.0 Å². The number of aromatic amines is 1. The lowest BCUT2D eigenvalue weighted by Crippen LogP contribution is -2.22. The van der Waals surface area contributed by atoms with E-state index in [-0.39, 0.29) is 11.4 Å². The Hall–Kier alpha value is -1.34. The van der Waals surface area contributed by atoms with Crippen molar-refractivity contribution >= 4 is 21.6 Å². The molecule has 21 heavy (non-hydrogen) atoms. The Kier molecular flexibility index (Phi) is 5.41. The molecule has 0 unspecified atom stereocenters. The Morgan fingerprint density at radius 1 is 1.24 bits per heavy atom. The first-order valence-electron chi connectivity index (χ1n) is 6.63. The zero-order valence-corrected chi connectivity index (χ0v) is 13.3. The van der Waals surface area contributed by atoms with Gasteiger partial charge in [0.2, 0.25) is 10.0 Å². The van der Waals surface area contributed by atoms with E-state index in [2.05, 4.69) is 15.0 Å². The maximum absolute atomic E-state index is 12.2. The molecule has 0 aliphatic carbocycles. The van der Waals surface area contributed by atoms with Crippen molar-refractivity contribution < 1.29 is 8.42 Å². The van der Waals surface area contributed by atoms with Crippen LogP contribution in [0.4, 0.5) is 0 Å². The first kappa shape index (κ1) is 16.0. The molecule has 1 aromatic carbocycles. The van der Waals surface area contributed by atoms with Crippen LogP contribution in [0.2, 0.25) is 5.02 Å². The molecular weight excluding hydrogens is 310 g/mol. The molecule has 2 rings (SSSR count). The minimum Gasteiger partial charge on any atom is -0.363 e. The quantitative estimate of drug-likeness (QED) is 0.730. The summed E-state index contributed by atoms with van der Waals surface area (Å²) in [5, 5.41) is 3.72. The van der Waals surface area contributed by atoms with Gasteiger partial charge in [0, 0.05) is 30.0 Å². The third-order valence-corrected chi connectivity index (χ3v) is 4.56. The summed E-state index contributed by atoms with van der Waals surface area (Å²) in [5.41, 5.74) is 1.65. The first-order valence-corrected chi connectivity index (χ1v) is 8.49. The van der Waals surface area contributed by atoms with Gasteiger partial charge >= 0.3 is 0 Å². The minimum atomic E-state index is -3.53. The highest BCUT2D eigenvalue weighted by Gasteiger charge is 2.15. The third kappa shape index (κ3) is 4.57. The van der Waals surface area contributed by atoms with Crippen molar-refractivity contribution in [2.24, 2.45) is 0 Å². The summed E-state index contributed by atoms with van der Waals surface area (Å²) in [6, 6.07) is 8.72. The zero-order valence-electron chi connectivity index (χ0n) is 11.7. The van der Waals surface area contributed by atoms with E-state index in [1.54, 1.807) is 24.3 Å². The van der Waals surface area contributed by atoms with Crippen LogP contribution < -0.4 is 10.0 Å². The summed E-state index contributed by atoms with van der Waals surface area (Å²) in [4.78, 5) is 3.18. The second kappa shape index (κ2) is 7.09. The average molecular weight is 328 g/mol. The molecule has 0 atom stereocenters. The van der Waals surface area contributed by atoms with Crippen LogP contribution in [0, 0.1) is 0 Å². The van der Waals surface area contributed by atoms with E-state index < -0.39 is 10.0 Å². The topological polar surface area (TPSA) is 74.0 Å². The van der Waals surface area contributed by atoms with E-state index in [1.807, 2.05) is 13.0 Å². The highest BCUT2D eigenvalue weighted by molar-refractivity contribution is 7.89. The predicted molar refractivity (Wildman–Crippen MR) is 83.7 cm³/mol. The number of aromatic nitrogens is 1. The second-order valence-electron chi connectivity index (χ2n) is 4.60. The summed E-state index contributed by atoms with van der Waals surface area (Å²) >= 11 is 5.87. The van der Waals surface area contributed by atoms with E-state index in [4.69, 9.17) is 11.6 Å². The first-order chi connectivity index (χ1) is 10.0. The van der Waals surface area contributed by atoms with Crippen molar-refractivity contribution in [3.63, 3.8) is 0 Å². The largest absolute Gasteiger partial charge is 0.363 e. The fourth-order valence-corrected chi connectivity index (χ4v) is 3.09. The highest BCUT2D eigenvalue weighted by Crippen LogP contribution is 2.13. The fraction of sp³-hybridized carbons (Fsp3) is 0.286. The molecule has 0 spiro atoms. The number of rotatable bonds is 7. The molecule has 3 N–H and O–H groups in total. The molecule has 1 aromatic heterocycles. The summed E-state index contributed by atoms with van der Waals surface area (Å²) in [5.74, 6) is 0. The number of sulfonamides is 1. The van der Waals surface area contributed by atoms with Gasteiger partial charge < -0.3 is 10.3 Å². The van der Waals surface area contributed by atoms with Crippen LogP contribution in [0.15, 0.2) is 41.4 Å². The molecule has 0 amide bonds. The molecule has 2 aromatic rings. The molecule has 114 valence electrons. The Labute approximate surface area is 129 Å². The molecule has 0 saturated carbocycles. The van der Waals surface area contributed by atoms with Gasteiger partial charge in [-0.15, -0.1) is 0 Å². The van der Waals surface area contributed by atoms with E-state index >= 15 is 0 Å². The zero-order chi connectivity index (χ0) is 15.3. The fourth-order valence-electron chi connectivity index (χ4n) is 1.84. The maximum atomic E-state index is 12.2. The van der Waals surface area contributed by atoms with Gasteiger partial charge in [0.1, 0.15) is 0 Å². The highest BCUT2D eigenvalue weighted by atomic mass is 35.5. The summed E-state index contributed by atoms with van der Waals surface area (Å²) in [7, 11) is -3.53. The summed E-state index contributed by atoms with van der Waals surface area (Å²) in [6.45, 7) is 3.64. The Balaban J connectivity index is 2.02. The summed E-state index contributed by atoms with van der Waals surface area (Å²) in [6.07, 6.45) is 1.49. The van der Waals surface area contributed by atoms with Crippen LogP contribution in [0.5, 0.6) is 0 Å². The number of halogens is 1. The van der Waals surface area contributed by atoms with Crippen molar-refractivity contribution in [2.75, 3.05) is 6.54 Å². The standard InChI is InChI=1S/C14H18ClN3O2S/c1-2-16-9-13-7-14(10-17-13)21(19,20)18-8-11-4-3-5-12(15)6-11/h3-7,10,16-18H,2,8-9H2,1H3. The van der Waals surface area contributed by atoms with Gasteiger partial charge in [-0.2, -0.15) is 0 Å². The molecule has 0 fully saturated rings. The van der Waals surface area contributed by atoms with Crippen LogP contribution in [-0.4, -0.2) is 19.9 Å². The third-order valence-electron chi connectivity index (χ3n) is 2.95. The van der Waals surface area contributed by atoms with E-state index in [0.29, 0.717) is 11.6 Å². The SMILES string of the molecule is CCNCc1cc(S(=O)(=O)NCc2cccc(Cl)c2)c[nH]1. The number of benzene rings is 1. The van der Waals surface area contributed by atoms with E-state index in [1.165, 1.54) is 6.20 Å². The monoisotopic (exact) mass is 327 g/mol. The second-order valence-corrected chi connectivity index (χ2v) is 6.80. The van der Waals surface area contributed by atoms with Gasteiger partial charge in [0.05, 0.1) is 4.90 Å². The number of hydrogen-bond acceptors (Lipinski definition) is 3. The van der Waals surface area contributed by atoms with Crippen LogP contribution in [0.1, 0.15) is 18.2 Å². The Bertz CT molecular complexity index is 698. The number of hydrogen-bond donors (Lipinski definition) is 3. The Morgan fingerprint density at radius 2 is 2.05 bits per heavy atom. The molecule has 0 aliphatic heterocycles. The lowest BCUT2D eigenvalue weighted by Gasteiger charge is -2.05. The van der Waals surface area contributed by atoms with Crippen molar-refractivity contribution in [2.45, 2.75) is 24.9 Å². The van der Waals surface area contributed by atoms with E-state index in [9.17, 15) is 8.42 Å². The normalized spacial score (nSPS) is 11.7. The van der Waals surface area contributed by atoms with Crippen molar-refractivity contribution in [1.29, 1.82) is 0 Å². The van der Waals surface area contributed by atoms with Crippen LogP contribution in [0.3, 0.4) is 0 Å². The van der Waals surface area contributed by atoms with Crippen LogP contribution in [-0.2, 0) is 23.1 Å². The predicted octanol–water partition coefficient (Wildman–Crippen LogP) is 2.26. The smallest absolute Gasteiger partial charge is 0.242 e. The van der Waals surface area contributed by atoms with Gasteiger partial charge in [0.15, 0.2) is 0 Å². The number of nitrogens with one attached hydrogen (secondary N) is 3. The van der Waals surface area contributed by atoms with Crippen molar-refractivity contribution in [3.05, 3.63) is 52.8 Å². The lowest BCUT2D eigenvalue weighted by atomic mass is 10.2. The molecule has 1 heterocycles. The van der Waals surface area contributed by atoms with Gasteiger partial charge in [0.25, 0.3) is 0 Å². The molecule has 0 aliphatic rings. The molecule has 7 heteroatoms. The van der Waals surface area contributed by atoms with Gasteiger partial charge in [-0.3, -0.25) is 0 Å². The molecule has 0 saturated heterocycles. The number of H-pyrrole nitrogens is 1. The Morgan fingerprint density at radius 3 is 2.76 bits per heavy atom. The van der Waals surface area contributed by atoms with Crippen LogP contribution >= 0.6 is 11.6 Å². The van der Waals surface area contributed by atoms with Gasteiger partial charge in [-0.25, -0.2) is 13.1 Å². The molecule has 0 bridgehead atoms. The van der Waals surface area contributed by atoms with Crippen molar-refractivity contribution in [3.8, 4) is 0 Å². The van der Waals surface area contributed by atoms with Gasteiger partial charge in [-0.1, -0.05) is 30.7 Å². The minimum absolute atomic E-state index is 0.205. The summed E-state index contributed by atoms with van der Waals surface area (Å²) < 4.78 is 26.9. The average Bonchev–Trinajstić information content (AvgIpc) is 2.93.